The van der Waals surface area contributed by atoms with Crippen LogP contribution in [0.4, 0.5) is 0 Å². The molecule has 1 N–H and O–H groups in total. The molecule has 0 spiro atoms. The summed E-state index contributed by atoms with van der Waals surface area (Å²) >= 11 is 0. The highest BCUT2D eigenvalue weighted by atomic mass is 16.5. The van der Waals surface area contributed by atoms with E-state index in [2.05, 4.69) is 63.1 Å². The van der Waals surface area contributed by atoms with Crippen LogP contribution in [0, 0.1) is 12.8 Å². The Labute approximate surface area is 170 Å². The molecular weight excluding hydrogens is 350 g/mol. The molecule has 0 radical (unpaired) electrons. The normalized spacial score (nSPS) is 21.0. The highest BCUT2D eigenvalue weighted by Crippen LogP contribution is 2.11. The van der Waals surface area contributed by atoms with Gasteiger partial charge in [-0.2, -0.15) is 0 Å². The van der Waals surface area contributed by atoms with Gasteiger partial charge in [-0.3, -0.25) is 14.8 Å². The van der Waals surface area contributed by atoms with E-state index in [0.717, 1.165) is 78.1 Å². The van der Waals surface area contributed by atoms with Crippen molar-refractivity contribution in [3.05, 3.63) is 35.4 Å². The first-order chi connectivity index (χ1) is 13.6. The van der Waals surface area contributed by atoms with Crippen molar-refractivity contribution in [3.63, 3.8) is 0 Å². The average Bonchev–Trinajstić information content (AvgIpc) is 2.70. The molecule has 2 aliphatic rings. The predicted octanol–water partition coefficient (Wildman–Crippen LogP) is 1.66. The zero-order valence-electron chi connectivity index (χ0n) is 17.9. The lowest BCUT2D eigenvalue weighted by molar-refractivity contribution is 0.0320. The van der Waals surface area contributed by atoms with Crippen molar-refractivity contribution < 1.29 is 4.74 Å². The Morgan fingerprint density at radius 2 is 1.86 bits per heavy atom. The smallest absolute Gasteiger partial charge is 0.193 e. The third-order valence-electron chi connectivity index (χ3n) is 5.65. The second-order valence-corrected chi connectivity index (χ2v) is 8.20. The van der Waals surface area contributed by atoms with E-state index in [0.29, 0.717) is 5.92 Å². The first-order valence-electron chi connectivity index (χ1n) is 10.7. The number of nitrogens with zero attached hydrogens (tertiary/aromatic N) is 4. The lowest BCUT2D eigenvalue weighted by Crippen LogP contribution is -2.53. The van der Waals surface area contributed by atoms with Crippen LogP contribution in [0.3, 0.4) is 0 Å². The van der Waals surface area contributed by atoms with Crippen LogP contribution in [-0.4, -0.2) is 93.3 Å². The van der Waals surface area contributed by atoms with Crippen LogP contribution in [0.25, 0.3) is 0 Å². The van der Waals surface area contributed by atoms with Crippen LogP contribution in [0.5, 0.6) is 0 Å². The summed E-state index contributed by atoms with van der Waals surface area (Å²) in [6, 6.07) is 8.85. The van der Waals surface area contributed by atoms with Crippen molar-refractivity contribution in [1.29, 1.82) is 0 Å². The summed E-state index contributed by atoms with van der Waals surface area (Å²) < 4.78 is 5.44. The number of hydrogen-bond acceptors (Lipinski definition) is 4. The first-order valence-corrected chi connectivity index (χ1v) is 10.7. The highest BCUT2D eigenvalue weighted by molar-refractivity contribution is 5.80. The number of piperazine rings is 1. The summed E-state index contributed by atoms with van der Waals surface area (Å²) in [5.41, 5.74) is 2.75. The van der Waals surface area contributed by atoms with Gasteiger partial charge in [-0.15, -0.1) is 0 Å². The lowest BCUT2D eigenvalue weighted by atomic mass is 10.1. The molecule has 156 valence electrons. The Morgan fingerprint density at radius 1 is 1.11 bits per heavy atom. The number of benzene rings is 1. The molecule has 2 fully saturated rings. The fraction of sp³-hybridized carbons (Fsp3) is 0.682. The number of rotatable bonds is 6. The van der Waals surface area contributed by atoms with Crippen LogP contribution in [-0.2, 0) is 11.3 Å². The maximum atomic E-state index is 5.44. The van der Waals surface area contributed by atoms with Crippen molar-refractivity contribution in [1.82, 2.24) is 20.0 Å². The third-order valence-corrected chi connectivity index (χ3v) is 5.65. The maximum absolute atomic E-state index is 5.44. The largest absolute Gasteiger partial charge is 0.379 e. The second kappa shape index (κ2) is 10.8. The average molecular weight is 388 g/mol. The van der Waals surface area contributed by atoms with Crippen molar-refractivity contribution in [2.45, 2.75) is 20.4 Å². The summed E-state index contributed by atoms with van der Waals surface area (Å²) in [4.78, 5) is 12.0. The summed E-state index contributed by atoms with van der Waals surface area (Å²) in [6.07, 6.45) is 0. The minimum atomic E-state index is 0.595. The SMILES string of the molecule is CN=C(NCC(C)CN1CCOCC1)N1CCN(Cc2cccc(C)c2)CC1. The molecule has 2 saturated heterocycles. The van der Waals surface area contributed by atoms with Gasteiger partial charge in [0.25, 0.3) is 0 Å². The molecule has 2 aliphatic heterocycles. The van der Waals surface area contributed by atoms with E-state index < -0.39 is 0 Å². The lowest BCUT2D eigenvalue weighted by Gasteiger charge is -2.37. The minimum Gasteiger partial charge on any atom is -0.379 e. The van der Waals surface area contributed by atoms with Gasteiger partial charge in [0, 0.05) is 66.0 Å². The van der Waals surface area contributed by atoms with Crippen molar-refractivity contribution in [2.75, 3.05) is 72.6 Å². The van der Waals surface area contributed by atoms with E-state index in [-0.39, 0.29) is 0 Å². The number of aliphatic imine (C=N–C) groups is 1. The van der Waals surface area contributed by atoms with Crippen LogP contribution >= 0.6 is 0 Å². The fourth-order valence-electron chi connectivity index (χ4n) is 4.07. The summed E-state index contributed by atoms with van der Waals surface area (Å²) in [7, 11) is 1.90. The van der Waals surface area contributed by atoms with E-state index >= 15 is 0 Å². The fourth-order valence-corrected chi connectivity index (χ4v) is 4.07. The van der Waals surface area contributed by atoms with Gasteiger partial charge in [0.15, 0.2) is 5.96 Å². The van der Waals surface area contributed by atoms with Crippen molar-refractivity contribution >= 4 is 5.96 Å². The maximum Gasteiger partial charge on any atom is 0.193 e. The Kier molecular flexibility index (Phi) is 8.13. The molecule has 1 unspecified atom stereocenters. The molecule has 0 aromatic heterocycles. The Bertz CT molecular complexity index is 621. The number of guanidine groups is 1. The van der Waals surface area contributed by atoms with E-state index in [1.165, 1.54) is 11.1 Å². The molecule has 6 heteroatoms. The molecule has 6 nitrogen and oxygen atoms in total. The third kappa shape index (κ3) is 6.47. The van der Waals surface area contributed by atoms with E-state index in [1.54, 1.807) is 0 Å². The molecule has 3 rings (SSSR count). The number of nitrogens with one attached hydrogen (secondary N) is 1. The van der Waals surface area contributed by atoms with E-state index in [9.17, 15) is 0 Å². The zero-order valence-corrected chi connectivity index (χ0v) is 17.9. The topological polar surface area (TPSA) is 43.3 Å². The molecule has 0 saturated carbocycles. The molecule has 2 heterocycles. The first kappa shape index (κ1) is 21.1. The Balaban J connectivity index is 1.39. The van der Waals surface area contributed by atoms with Crippen molar-refractivity contribution in [3.8, 4) is 0 Å². The van der Waals surface area contributed by atoms with Crippen LogP contribution in [0.15, 0.2) is 29.3 Å². The molecule has 0 bridgehead atoms. The van der Waals surface area contributed by atoms with Crippen LogP contribution in [0.2, 0.25) is 0 Å². The Hall–Kier alpha value is -1.63. The summed E-state index contributed by atoms with van der Waals surface area (Å²) in [5.74, 6) is 1.64. The summed E-state index contributed by atoms with van der Waals surface area (Å²) in [5, 5.41) is 3.60. The number of morpholine rings is 1. The minimum absolute atomic E-state index is 0.595. The molecule has 1 aromatic carbocycles. The van der Waals surface area contributed by atoms with Gasteiger partial charge < -0.3 is 15.0 Å². The van der Waals surface area contributed by atoms with Crippen molar-refractivity contribution in [2.24, 2.45) is 10.9 Å². The van der Waals surface area contributed by atoms with E-state index in [1.807, 2.05) is 7.05 Å². The molecular formula is C22H37N5O. The molecule has 1 aromatic rings. The quantitative estimate of drug-likeness (QED) is 0.594. The van der Waals surface area contributed by atoms with Gasteiger partial charge in [0.2, 0.25) is 0 Å². The molecule has 1 atom stereocenters. The van der Waals surface area contributed by atoms with Gasteiger partial charge in [0.1, 0.15) is 0 Å². The van der Waals surface area contributed by atoms with Gasteiger partial charge in [-0.05, 0) is 18.4 Å². The molecule has 0 amide bonds. The van der Waals surface area contributed by atoms with Crippen LogP contribution < -0.4 is 5.32 Å². The highest BCUT2D eigenvalue weighted by Gasteiger charge is 2.20. The molecule has 0 aliphatic carbocycles. The van der Waals surface area contributed by atoms with Gasteiger partial charge >= 0.3 is 0 Å². The van der Waals surface area contributed by atoms with Gasteiger partial charge in [-0.1, -0.05) is 36.8 Å². The van der Waals surface area contributed by atoms with Gasteiger partial charge in [0.05, 0.1) is 13.2 Å². The molecule has 28 heavy (non-hydrogen) atoms. The number of hydrogen-bond donors (Lipinski definition) is 1. The second-order valence-electron chi connectivity index (χ2n) is 8.20. The zero-order chi connectivity index (χ0) is 19.8. The monoisotopic (exact) mass is 387 g/mol. The summed E-state index contributed by atoms with van der Waals surface area (Å²) in [6.45, 7) is 15.7. The number of aryl methyl sites for hydroxylation is 1. The standard InChI is InChI=1S/C22H37N5O/c1-19-5-4-6-21(15-19)18-25-7-9-27(10-8-25)22(23-3)24-16-20(2)17-26-11-13-28-14-12-26/h4-6,15,20H,7-14,16-18H2,1-3H3,(H,23,24). The predicted molar refractivity (Wildman–Crippen MR) is 116 cm³/mol. The van der Waals surface area contributed by atoms with Gasteiger partial charge in [-0.25, -0.2) is 0 Å². The van der Waals surface area contributed by atoms with E-state index in [4.69, 9.17) is 4.74 Å². The number of ether oxygens (including phenoxy) is 1. The Morgan fingerprint density at radius 3 is 2.54 bits per heavy atom. The van der Waals surface area contributed by atoms with Crippen LogP contribution in [0.1, 0.15) is 18.1 Å².